The van der Waals surface area contributed by atoms with Crippen molar-refractivity contribution in [2.75, 3.05) is 31.6 Å². The van der Waals surface area contributed by atoms with Gasteiger partial charge >= 0.3 is 0 Å². The van der Waals surface area contributed by atoms with Gasteiger partial charge in [-0.3, -0.25) is 4.79 Å². The molecule has 0 aliphatic carbocycles. The maximum atomic E-state index is 12.3. The molecule has 0 spiro atoms. The Morgan fingerprint density at radius 2 is 2.00 bits per heavy atom. The zero-order valence-corrected chi connectivity index (χ0v) is 13.5. The lowest BCUT2D eigenvalue weighted by molar-refractivity contribution is 0.0299. The van der Waals surface area contributed by atoms with Crippen molar-refractivity contribution in [1.29, 1.82) is 0 Å². The quantitative estimate of drug-likeness (QED) is 0.912. The number of ether oxygens (including phenoxy) is 1. The maximum Gasteiger partial charge on any atom is 0.272 e. The van der Waals surface area contributed by atoms with Gasteiger partial charge in [0.1, 0.15) is 5.69 Å². The van der Waals surface area contributed by atoms with Gasteiger partial charge < -0.3 is 15.0 Å². The summed E-state index contributed by atoms with van der Waals surface area (Å²) in [6.45, 7) is 2.43. The van der Waals surface area contributed by atoms with Gasteiger partial charge in [-0.05, 0) is 30.3 Å². The summed E-state index contributed by atoms with van der Waals surface area (Å²) in [6.07, 6.45) is 1.68. The largest absolute Gasteiger partial charge is 0.378 e. The molecule has 0 unspecified atom stereocenters. The van der Waals surface area contributed by atoms with Gasteiger partial charge in [-0.25, -0.2) is 4.98 Å². The first-order valence-corrected chi connectivity index (χ1v) is 7.87. The van der Waals surface area contributed by atoms with Crippen LogP contribution in [0.15, 0.2) is 47.1 Å². The fourth-order valence-electron chi connectivity index (χ4n) is 2.26. The number of benzene rings is 1. The van der Waals surface area contributed by atoms with Gasteiger partial charge in [-0.2, -0.15) is 0 Å². The van der Waals surface area contributed by atoms with Crippen molar-refractivity contribution >= 4 is 33.2 Å². The third-order valence-corrected chi connectivity index (χ3v) is 3.89. The molecule has 1 N–H and O–H groups in total. The smallest absolute Gasteiger partial charge is 0.272 e. The molecule has 1 aliphatic rings. The topological polar surface area (TPSA) is 54.5 Å². The molecule has 0 saturated carbocycles. The minimum Gasteiger partial charge on any atom is -0.378 e. The summed E-state index contributed by atoms with van der Waals surface area (Å²) in [4.78, 5) is 18.3. The van der Waals surface area contributed by atoms with Crippen LogP contribution in [0.1, 0.15) is 10.5 Å². The highest BCUT2D eigenvalue weighted by Gasteiger charge is 2.19. The van der Waals surface area contributed by atoms with E-state index in [4.69, 9.17) is 4.74 Å². The molecule has 3 rings (SSSR count). The second-order valence-corrected chi connectivity index (χ2v) is 5.89. The predicted octanol–water partition coefficient (Wildman–Crippen LogP) is 3.06. The monoisotopic (exact) mass is 361 g/mol. The number of nitrogens with one attached hydrogen (secondary N) is 1. The Kier molecular flexibility index (Phi) is 4.70. The van der Waals surface area contributed by atoms with Crippen LogP contribution in [-0.2, 0) is 4.74 Å². The van der Waals surface area contributed by atoms with Gasteiger partial charge in [-0.15, -0.1) is 0 Å². The predicted molar refractivity (Wildman–Crippen MR) is 88.4 cm³/mol. The Labute approximate surface area is 137 Å². The van der Waals surface area contributed by atoms with E-state index >= 15 is 0 Å². The first-order chi connectivity index (χ1) is 10.7. The zero-order chi connectivity index (χ0) is 15.4. The number of amides is 1. The van der Waals surface area contributed by atoms with E-state index in [1.54, 1.807) is 17.2 Å². The van der Waals surface area contributed by atoms with E-state index in [9.17, 15) is 4.79 Å². The van der Waals surface area contributed by atoms with Crippen LogP contribution >= 0.6 is 15.9 Å². The molecule has 1 aromatic carbocycles. The normalized spacial score (nSPS) is 14.7. The number of hydrogen-bond acceptors (Lipinski definition) is 4. The molecule has 1 fully saturated rings. The molecule has 114 valence electrons. The van der Waals surface area contributed by atoms with E-state index < -0.39 is 0 Å². The summed E-state index contributed by atoms with van der Waals surface area (Å²) in [6, 6.07) is 11.5. The molecule has 2 aromatic rings. The molecule has 6 heteroatoms. The number of hydrogen-bond donors (Lipinski definition) is 1. The fourth-order valence-corrected chi connectivity index (χ4v) is 2.65. The second-order valence-electron chi connectivity index (χ2n) is 4.97. The van der Waals surface area contributed by atoms with Crippen LogP contribution in [0.2, 0.25) is 0 Å². The van der Waals surface area contributed by atoms with E-state index in [0.29, 0.717) is 32.0 Å². The summed E-state index contributed by atoms with van der Waals surface area (Å²) in [5, 5.41) is 3.25. The van der Waals surface area contributed by atoms with Crippen molar-refractivity contribution in [3.63, 3.8) is 0 Å². The highest BCUT2D eigenvalue weighted by Crippen LogP contribution is 2.20. The number of pyridine rings is 1. The molecule has 2 heterocycles. The van der Waals surface area contributed by atoms with Crippen LogP contribution in [0.25, 0.3) is 0 Å². The number of carbonyl (C=O) groups excluding carboxylic acids is 1. The van der Waals surface area contributed by atoms with E-state index in [1.165, 1.54) is 0 Å². The van der Waals surface area contributed by atoms with E-state index in [1.807, 2.05) is 30.3 Å². The molecule has 22 heavy (non-hydrogen) atoms. The van der Waals surface area contributed by atoms with Gasteiger partial charge in [-0.1, -0.05) is 22.0 Å². The lowest BCUT2D eigenvalue weighted by Crippen LogP contribution is -2.41. The zero-order valence-electron chi connectivity index (χ0n) is 12.0. The van der Waals surface area contributed by atoms with Crippen molar-refractivity contribution in [3.05, 3.63) is 52.8 Å². The number of rotatable bonds is 3. The van der Waals surface area contributed by atoms with E-state index in [0.717, 1.165) is 15.8 Å². The molecule has 0 radical (unpaired) electrons. The summed E-state index contributed by atoms with van der Waals surface area (Å²) in [5.41, 5.74) is 2.27. The Hall–Kier alpha value is -1.92. The third-order valence-electron chi connectivity index (χ3n) is 3.39. The Morgan fingerprint density at radius 3 is 2.68 bits per heavy atom. The van der Waals surface area contributed by atoms with Crippen molar-refractivity contribution in [1.82, 2.24) is 9.88 Å². The highest BCUT2D eigenvalue weighted by atomic mass is 79.9. The first-order valence-electron chi connectivity index (χ1n) is 7.08. The summed E-state index contributed by atoms with van der Waals surface area (Å²) in [5.74, 6) is -0.0442. The average Bonchev–Trinajstić information content (AvgIpc) is 2.56. The average molecular weight is 362 g/mol. The van der Waals surface area contributed by atoms with E-state index in [-0.39, 0.29) is 5.91 Å². The number of halogens is 1. The SMILES string of the molecule is O=C(c1ccc(Nc2cccc(Br)c2)cn1)N1CCOCC1. The molecule has 1 aliphatic heterocycles. The van der Waals surface area contributed by atoms with Crippen molar-refractivity contribution < 1.29 is 9.53 Å². The van der Waals surface area contributed by atoms with Crippen molar-refractivity contribution in [2.24, 2.45) is 0 Å². The standard InChI is InChI=1S/C16H16BrN3O2/c17-12-2-1-3-13(10-12)19-14-4-5-15(18-11-14)16(21)20-6-8-22-9-7-20/h1-5,10-11,19H,6-9H2. The molecule has 1 amide bonds. The van der Waals surface area contributed by atoms with Crippen LogP contribution in [0.5, 0.6) is 0 Å². The van der Waals surface area contributed by atoms with Crippen LogP contribution in [0, 0.1) is 0 Å². The number of aromatic nitrogens is 1. The molecule has 0 atom stereocenters. The number of nitrogens with zero attached hydrogens (tertiary/aromatic N) is 2. The van der Waals surface area contributed by atoms with Gasteiger partial charge in [0.25, 0.3) is 5.91 Å². The highest BCUT2D eigenvalue weighted by molar-refractivity contribution is 9.10. The van der Waals surface area contributed by atoms with Crippen LogP contribution in [-0.4, -0.2) is 42.1 Å². The number of anilines is 2. The van der Waals surface area contributed by atoms with Crippen LogP contribution in [0.3, 0.4) is 0 Å². The minimum absolute atomic E-state index is 0.0442. The number of morpholine rings is 1. The maximum absolute atomic E-state index is 12.3. The van der Waals surface area contributed by atoms with Crippen molar-refractivity contribution in [2.45, 2.75) is 0 Å². The molecular formula is C16H16BrN3O2. The molecular weight excluding hydrogens is 346 g/mol. The van der Waals surface area contributed by atoms with Crippen LogP contribution in [0.4, 0.5) is 11.4 Å². The van der Waals surface area contributed by atoms with E-state index in [2.05, 4.69) is 26.2 Å². The van der Waals surface area contributed by atoms with Gasteiger partial charge in [0.05, 0.1) is 25.1 Å². The lowest BCUT2D eigenvalue weighted by atomic mass is 10.2. The molecule has 5 nitrogen and oxygen atoms in total. The van der Waals surface area contributed by atoms with Crippen LogP contribution < -0.4 is 5.32 Å². The Morgan fingerprint density at radius 1 is 1.18 bits per heavy atom. The van der Waals surface area contributed by atoms with Gasteiger partial charge in [0.15, 0.2) is 0 Å². The molecule has 1 aromatic heterocycles. The summed E-state index contributed by atoms with van der Waals surface area (Å²) >= 11 is 3.43. The third kappa shape index (κ3) is 3.64. The lowest BCUT2D eigenvalue weighted by Gasteiger charge is -2.26. The molecule has 1 saturated heterocycles. The first kappa shape index (κ1) is 15.0. The molecule has 0 bridgehead atoms. The van der Waals surface area contributed by atoms with Crippen molar-refractivity contribution in [3.8, 4) is 0 Å². The fraction of sp³-hybridized carbons (Fsp3) is 0.250. The van der Waals surface area contributed by atoms with Gasteiger partial charge in [0, 0.05) is 23.2 Å². The van der Waals surface area contributed by atoms with Gasteiger partial charge in [0.2, 0.25) is 0 Å². The Bertz CT molecular complexity index is 655. The summed E-state index contributed by atoms with van der Waals surface area (Å²) < 4.78 is 6.26. The summed E-state index contributed by atoms with van der Waals surface area (Å²) in [7, 11) is 0. The minimum atomic E-state index is -0.0442. The Balaban J connectivity index is 1.68. The second kappa shape index (κ2) is 6.89. The number of carbonyl (C=O) groups is 1.